The summed E-state index contributed by atoms with van der Waals surface area (Å²) in [5, 5.41) is 11.0. The number of hydrogen-bond donors (Lipinski definition) is 1. The summed E-state index contributed by atoms with van der Waals surface area (Å²) in [7, 11) is 1.80. The molecule has 3 heteroatoms. The average Bonchev–Trinajstić information content (AvgIpc) is 2.18. The summed E-state index contributed by atoms with van der Waals surface area (Å²) in [6, 6.07) is 0. The first-order valence-electron chi connectivity index (χ1n) is 5.68. The Morgan fingerprint density at radius 3 is 3.00 bits per heavy atom. The minimum Gasteiger partial charge on any atom is -0.314 e. The summed E-state index contributed by atoms with van der Waals surface area (Å²) in [6.45, 7) is 5.40. The van der Waals surface area contributed by atoms with Crippen LogP contribution in [-0.4, -0.2) is 36.6 Å². The van der Waals surface area contributed by atoms with Crippen LogP contribution >= 0.6 is 0 Å². The fraction of sp³-hybridized carbons (Fsp3) is 0.750. The number of piperidine rings is 1. The zero-order chi connectivity index (χ0) is 11.1. The summed E-state index contributed by atoms with van der Waals surface area (Å²) < 4.78 is 0. The fourth-order valence-corrected chi connectivity index (χ4v) is 2.46. The maximum Gasteiger partial charge on any atom is 0.0297 e. The first-order valence-corrected chi connectivity index (χ1v) is 5.68. The number of hydroxylamine groups is 2. The third kappa shape index (κ3) is 3.76. The maximum atomic E-state index is 9.59. The second-order valence-corrected chi connectivity index (χ2v) is 4.46. The van der Waals surface area contributed by atoms with Crippen LogP contribution in [0.15, 0.2) is 17.6 Å². The Morgan fingerprint density at radius 1 is 1.60 bits per heavy atom. The van der Waals surface area contributed by atoms with Crippen molar-refractivity contribution in [3.8, 4) is 0 Å². The molecule has 3 nitrogen and oxygen atoms in total. The van der Waals surface area contributed by atoms with E-state index in [1.807, 2.05) is 12.3 Å². The van der Waals surface area contributed by atoms with E-state index in [1.54, 1.807) is 7.05 Å². The van der Waals surface area contributed by atoms with E-state index in [4.69, 9.17) is 0 Å². The van der Waals surface area contributed by atoms with E-state index >= 15 is 0 Å². The van der Waals surface area contributed by atoms with Crippen molar-refractivity contribution in [1.82, 2.24) is 5.06 Å². The fourth-order valence-electron chi connectivity index (χ4n) is 2.46. The molecule has 0 unspecified atom stereocenters. The van der Waals surface area contributed by atoms with Crippen molar-refractivity contribution >= 4 is 6.21 Å². The van der Waals surface area contributed by atoms with E-state index in [-0.39, 0.29) is 5.41 Å². The number of nitrogens with zero attached hydrogens (tertiary/aromatic N) is 2. The highest BCUT2D eigenvalue weighted by Gasteiger charge is 2.33. The second kappa shape index (κ2) is 6.03. The molecule has 0 aromatic rings. The number of aliphatic imine (C=N–C) groups is 1. The van der Waals surface area contributed by atoms with E-state index < -0.39 is 0 Å². The van der Waals surface area contributed by atoms with Crippen LogP contribution in [0.3, 0.4) is 0 Å². The standard InChI is InChI=1S/C12H22N2O/c1-3-6-12(7-4-9-13-2)8-5-10-14(15)11-12/h3,9,15H,1,4-8,10-11H2,2H3/b13-9+/t12-/m0/s1. The van der Waals surface area contributed by atoms with Crippen LogP contribution < -0.4 is 0 Å². The Kier molecular flexibility index (Phi) is 4.99. The highest BCUT2D eigenvalue weighted by atomic mass is 16.5. The van der Waals surface area contributed by atoms with Crippen molar-refractivity contribution in [2.45, 2.75) is 32.1 Å². The van der Waals surface area contributed by atoms with E-state index in [1.165, 1.54) is 11.5 Å². The van der Waals surface area contributed by atoms with Crippen molar-refractivity contribution in [1.29, 1.82) is 0 Å². The van der Waals surface area contributed by atoms with Gasteiger partial charge in [-0.15, -0.1) is 6.58 Å². The van der Waals surface area contributed by atoms with Gasteiger partial charge in [0.05, 0.1) is 0 Å². The monoisotopic (exact) mass is 210 g/mol. The van der Waals surface area contributed by atoms with E-state index in [0.717, 1.165) is 38.8 Å². The van der Waals surface area contributed by atoms with Gasteiger partial charge in [-0.25, -0.2) is 0 Å². The van der Waals surface area contributed by atoms with Crippen LogP contribution in [0.4, 0.5) is 0 Å². The normalized spacial score (nSPS) is 28.4. The van der Waals surface area contributed by atoms with E-state index in [2.05, 4.69) is 11.6 Å². The van der Waals surface area contributed by atoms with Crippen molar-refractivity contribution in [2.75, 3.05) is 20.1 Å². The lowest BCUT2D eigenvalue weighted by atomic mass is 9.74. The lowest BCUT2D eigenvalue weighted by molar-refractivity contribution is -0.140. The molecular formula is C12H22N2O. The van der Waals surface area contributed by atoms with Gasteiger partial charge in [0.2, 0.25) is 0 Å². The molecule has 1 rings (SSSR count). The SMILES string of the molecule is C=CC[C@]1(CC/C=N/C)CCCN(O)C1. The molecule has 0 radical (unpaired) electrons. The molecule has 1 fully saturated rings. The van der Waals surface area contributed by atoms with Crippen LogP contribution in [0.1, 0.15) is 32.1 Å². The summed E-state index contributed by atoms with van der Waals surface area (Å²) in [5.74, 6) is 0. The van der Waals surface area contributed by atoms with Gasteiger partial charge in [-0.2, -0.15) is 5.06 Å². The van der Waals surface area contributed by atoms with Gasteiger partial charge in [-0.05, 0) is 43.7 Å². The summed E-state index contributed by atoms with van der Waals surface area (Å²) in [4.78, 5) is 4.00. The van der Waals surface area contributed by atoms with Crippen LogP contribution in [0.5, 0.6) is 0 Å². The van der Waals surface area contributed by atoms with Gasteiger partial charge >= 0.3 is 0 Å². The van der Waals surface area contributed by atoms with Crippen molar-refractivity contribution < 1.29 is 5.21 Å². The quantitative estimate of drug-likeness (QED) is 0.559. The van der Waals surface area contributed by atoms with Crippen molar-refractivity contribution in [3.63, 3.8) is 0 Å². The molecular weight excluding hydrogens is 188 g/mol. The van der Waals surface area contributed by atoms with Crippen LogP contribution in [0.25, 0.3) is 0 Å². The summed E-state index contributed by atoms with van der Waals surface area (Å²) in [5.41, 5.74) is 0.218. The summed E-state index contributed by atoms with van der Waals surface area (Å²) in [6.07, 6.45) is 9.28. The van der Waals surface area contributed by atoms with Gasteiger partial charge in [0.15, 0.2) is 0 Å². The minimum absolute atomic E-state index is 0.218. The van der Waals surface area contributed by atoms with Gasteiger partial charge < -0.3 is 10.2 Å². The zero-order valence-electron chi connectivity index (χ0n) is 9.65. The van der Waals surface area contributed by atoms with Gasteiger partial charge in [0.25, 0.3) is 0 Å². The van der Waals surface area contributed by atoms with Crippen molar-refractivity contribution in [3.05, 3.63) is 12.7 Å². The molecule has 1 saturated heterocycles. The highest BCUT2D eigenvalue weighted by molar-refractivity contribution is 5.56. The third-order valence-electron chi connectivity index (χ3n) is 3.20. The number of allylic oxidation sites excluding steroid dienone is 1. The molecule has 0 aliphatic carbocycles. The van der Waals surface area contributed by atoms with E-state index in [0.29, 0.717) is 0 Å². The molecule has 0 saturated carbocycles. The molecule has 1 heterocycles. The lowest BCUT2D eigenvalue weighted by Crippen LogP contribution is -2.41. The third-order valence-corrected chi connectivity index (χ3v) is 3.20. The second-order valence-electron chi connectivity index (χ2n) is 4.46. The largest absolute Gasteiger partial charge is 0.314 e. The van der Waals surface area contributed by atoms with Gasteiger partial charge in [-0.3, -0.25) is 0 Å². The molecule has 86 valence electrons. The average molecular weight is 210 g/mol. The number of hydrogen-bond acceptors (Lipinski definition) is 3. The Morgan fingerprint density at radius 2 is 2.40 bits per heavy atom. The molecule has 0 amide bonds. The first kappa shape index (κ1) is 12.4. The summed E-state index contributed by atoms with van der Waals surface area (Å²) >= 11 is 0. The predicted octanol–water partition coefficient (Wildman–Crippen LogP) is 2.51. The molecule has 1 aliphatic heterocycles. The van der Waals surface area contributed by atoms with Gasteiger partial charge in [0, 0.05) is 20.1 Å². The Hall–Kier alpha value is -0.670. The molecule has 0 aromatic heterocycles. The molecule has 1 atom stereocenters. The van der Waals surface area contributed by atoms with Crippen molar-refractivity contribution in [2.24, 2.45) is 10.4 Å². The first-order chi connectivity index (χ1) is 7.22. The number of rotatable bonds is 5. The highest BCUT2D eigenvalue weighted by Crippen LogP contribution is 2.37. The Labute approximate surface area is 92.5 Å². The predicted molar refractivity (Wildman–Crippen MR) is 63.5 cm³/mol. The van der Waals surface area contributed by atoms with E-state index in [9.17, 15) is 5.21 Å². The molecule has 0 spiro atoms. The van der Waals surface area contributed by atoms with Crippen LogP contribution in [0.2, 0.25) is 0 Å². The molecule has 1 N–H and O–H groups in total. The molecule has 15 heavy (non-hydrogen) atoms. The van der Waals surface area contributed by atoms with Crippen LogP contribution in [0, 0.1) is 5.41 Å². The molecule has 1 aliphatic rings. The maximum absolute atomic E-state index is 9.59. The van der Waals surface area contributed by atoms with Gasteiger partial charge in [-0.1, -0.05) is 6.08 Å². The Balaban J connectivity index is 2.55. The topological polar surface area (TPSA) is 35.8 Å². The lowest BCUT2D eigenvalue weighted by Gasteiger charge is -2.40. The Bertz CT molecular complexity index is 228. The zero-order valence-corrected chi connectivity index (χ0v) is 9.65. The van der Waals surface area contributed by atoms with Gasteiger partial charge in [0.1, 0.15) is 0 Å². The minimum atomic E-state index is 0.218. The molecule has 0 bridgehead atoms. The smallest absolute Gasteiger partial charge is 0.0297 e. The molecule has 0 aromatic carbocycles. The van der Waals surface area contributed by atoms with Crippen LogP contribution in [-0.2, 0) is 0 Å².